The molecular weight excluding hydrogens is 452 g/mol. The predicted molar refractivity (Wildman–Crippen MR) is 131 cm³/mol. The first kappa shape index (κ1) is 23.6. The quantitative estimate of drug-likeness (QED) is 0.381. The van der Waals surface area contributed by atoms with E-state index in [1.807, 2.05) is 44.2 Å². The van der Waals surface area contributed by atoms with E-state index in [0.29, 0.717) is 22.6 Å². The van der Waals surface area contributed by atoms with Crippen molar-refractivity contribution >= 4 is 35.1 Å². The lowest BCUT2D eigenvalue weighted by Crippen LogP contribution is -2.19. The average molecular weight is 479 g/mol. The zero-order chi connectivity index (χ0) is 24.2. The fraction of sp³-hybridized carbons (Fsp3) is 0.269. The maximum atomic E-state index is 12.8. The molecule has 1 N–H and O–H groups in total. The number of aromatic nitrogens is 1. The monoisotopic (exact) mass is 478 g/mol. The largest absolute Gasteiger partial charge is 0.497 e. The number of amides is 1. The Bertz CT molecular complexity index is 1250. The van der Waals surface area contributed by atoms with Crippen molar-refractivity contribution in [2.75, 3.05) is 24.8 Å². The number of ketones is 1. The van der Waals surface area contributed by atoms with Crippen LogP contribution in [0, 0.1) is 13.8 Å². The van der Waals surface area contributed by atoms with Gasteiger partial charge in [0.2, 0.25) is 11.7 Å². The first-order chi connectivity index (χ1) is 16.4. The summed E-state index contributed by atoms with van der Waals surface area (Å²) < 4.78 is 12.6. The third-order valence-electron chi connectivity index (χ3n) is 5.84. The van der Waals surface area contributed by atoms with Crippen LogP contribution in [0.15, 0.2) is 53.4 Å². The van der Waals surface area contributed by atoms with Gasteiger partial charge in [-0.2, -0.15) is 0 Å². The highest BCUT2D eigenvalue weighted by Crippen LogP contribution is 2.32. The van der Waals surface area contributed by atoms with Crippen molar-refractivity contribution < 1.29 is 23.9 Å². The van der Waals surface area contributed by atoms with E-state index >= 15 is 0 Å². The number of anilines is 1. The molecule has 0 saturated carbocycles. The molecule has 176 valence electrons. The number of esters is 1. The number of aryl methyl sites for hydroxylation is 2. The van der Waals surface area contributed by atoms with E-state index in [0.717, 1.165) is 35.0 Å². The molecule has 0 saturated heterocycles. The molecule has 34 heavy (non-hydrogen) atoms. The fourth-order valence-corrected chi connectivity index (χ4v) is 4.75. The van der Waals surface area contributed by atoms with Gasteiger partial charge >= 0.3 is 5.97 Å². The molecule has 1 amide bonds. The maximum absolute atomic E-state index is 12.8. The number of carbonyl (C=O) groups excluding carboxylic acids is 3. The number of methoxy groups -OCH3 is 1. The molecular formula is C26H26N2O5S. The standard InChI is InChI=1S/C26H26N2O5S/c1-16-12-21(17(2)28(16)11-10-18-4-7-20(32-3)8-5-18)23(29)14-33-26(31)19-6-9-24-22(13-19)27-25(30)15-34-24/h4-9,12-13H,10-11,14-15H2,1-3H3,(H,27,30). The number of hydrogen-bond acceptors (Lipinski definition) is 6. The van der Waals surface area contributed by atoms with Crippen LogP contribution >= 0.6 is 11.8 Å². The molecule has 0 unspecified atom stereocenters. The van der Waals surface area contributed by atoms with Crippen LogP contribution in [-0.2, 0) is 22.5 Å². The number of rotatable bonds is 8. The van der Waals surface area contributed by atoms with Gasteiger partial charge in [-0.15, -0.1) is 11.8 Å². The number of ether oxygens (including phenoxy) is 2. The van der Waals surface area contributed by atoms with E-state index in [2.05, 4.69) is 9.88 Å². The van der Waals surface area contributed by atoms with Crippen LogP contribution in [0.25, 0.3) is 0 Å². The number of thioether (sulfide) groups is 1. The molecule has 0 atom stereocenters. The molecule has 4 rings (SSSR count). The Morgan fingerprint density at radius 3 is 2.59 bits per heavy atom. The van der Waals surface area contributed by atoms with E-state index in [1.54, 1.807) is 25.3 Å². The Morgan fingerprint density at radius 1 is 1.09 bits per heavy atom. The summed E-state index contributed by atoms with van der Waals surface area (Å²) in [6.45, 7) is 4.25. The van der Waals surface area contributed by atoms with Gasteiger partial charge in [-0.05, 0) is 62.2 Å². The number of fused-ring (bicyclic) bond motifs is 1. The van der Waals surface area contributed by atoms with Crippen molar-refractivity contribution in [1.82, 2.24) is 4.57 Å². The van der Waals surface area contributed by atoms with Crippen LogP contribution in [0.3, 0.4) is 0 Å². The number of nitrogens with zero attached hydrogens (tertiary/aromatic N) is 1. The third kappa shape index (κ3) is 5.17. The minimum Gasteiger partial charge on any atom is -0.497 e. The second-order valence-electron chi connectivity index (χ2n) is 8.08. The average Bonchev–Trinajstić information content (AvgIpc) is 3.13. The zero-order valence-electron chi connectivity index (χ0n) is 19.3. The van der Waals surface area contributed by atoms with Gasteiger partial charge in [-0.1, -0.05) is 12.1 Å². The summed E-state index contributed by atoms with van der Waals surface area (Å²) in [6.07, 6.45) is 0.816. The van der Waals surface area contributed by atoms with Gasteiger partial charge in [-0.3, -0.25) is 9.59 Å². The van der Waals surface area contributed by atoms with Gasteiger partial charge in [-0.25, -0.2) is 4.79 Å². The van der Waals surface area contributed by atoms with Crippen molar-refractivity contribution in [3.8, 4) is 5.75 Å². The minimum absolute atomic E-state index is 0.111. The van der Waals surface area contributed by atoms with E-state index in [4.69, 9.17) is 9.47 Å². The van der Waals surface area contributed by atoms with Crippen LogP contribution in [-0.4, -0.2) is 41.7 Å². The Balaban J connectivity index is 1.38. The molecule has 0 spiro atoms. The van der Waals surface area contributed by atoms with E-state index in [9.17, 15) is 14.4 Å². The van der Waals surface area contributed by atoms with Crippen LogP contribution < -0.4 is 10.1 Å². The van der Waals surface area contributed by atoms with Crippen molar-refractivity contribution in [2.45, 2.75) is 31.7 Å². The first-order valence-corrected chi connectivity index (χ1v) is 11.9. The molecule has 0 radical (unpaired) electrons. The number of carbonyl (C=O) groups is 3. The van der Waals surface area contributed by atoms with E-state index in [1.165, 1.54) is 17.3 Å². The topological polar surface area (TPSA) is 86.6 Å². The summed E-state index contributed by atoms with van der Waals surface area (Å²) in [6, 6.07) is 14.8. The van der Waals surface area contributed by atoms with E-state index < -0.39 is 5.97 Å². The zero-order valence-corrected chi connectivity index (χ0v) is 20.2. The Hall–Kier alpha value is -3.52. The molecule has 1 aliphatic heterocycles. The van der Waals surface area contributed by atoms with Crippen molar-refractivity contribution in [3.63, 3.8) is 0 Å². The fourth-order valence-electron chi connectivity index (χ4n) is 3.96. The first-order valence-electron chi connectivity index (χ1n) is 10.9. The SMILES string of the molecule is COc1ccc(CCn2c(C)cc(C(=O)COC(=O)c3ccc4c(c3)NC(=O)CS4)c2C)cc1. The smallest absolute Gasteiger partial charge is 0.338 e. The van der Waals surface area contributed by atoms with Crippen LogP contribution in [0.1, 0.15) is 37.7 Å². The molecule has 0 bridgehead atoms. The predicted octanol–water partition coefficient (Wildman–Crippen LogP) is 4.44. The Morgan fingerprint density at radius 2 is 1.85 bits per heavy atom. The number of nitrogens with one attached hydrogen (secondary N) is 1. The molecule has 0 fully saturated rings. The molecule has 1 aliphatic rings. The molecule has 2 heterocycles. The van der Waals surface area contributed by atoms with Crippen LogP contribution in [0.2, 0.25) is 0 Å². The van der Waals surface area contributed by atoms with E-state index in [-0.39, 0.29) is 18.3 Å². The molecule has 7 nitrogen and oxygen atoms in total. The summed E-state index contributed by atoms with van der Waals surface area (Å²) in [7, 11) is 1.64. The van der Waals surface area contributed by atoms with Gasteiger partial charge in [0.25, 0.3) is 0 Å². The van der Waals surface area contributed by atoms with Crippen molar-refractivity contribution in [1.29, 1.82) is 0 Å². The van der Waals surface area contributed by atoms with Gasteiger partial charge in [0.15, 0.2) is 6.61 Å². The van der Waals surface area contributed by atoms with Gasteiger partial charge in [0.05, 0.1) is 24.1 Å². The second kappa shape index (κ2) is 10.2. The number of benzene rings is 2. The Kier molecular flexibility index (Phi) is 7.07. The minimum atomic E-state index is -0.603. The number of Topliss-reactive ketones (excluding diaryl/α,β-unsaturated/α-hetero) is 1. The Labute approximate surface area is 202 Å². The highest BCUT2D eigenvalue weighted by Gasteiger charge is 2.20. The summed E-state index contributed by atoms with van der Waals surface area (Å²) in [5.41, 5.74) is 4.43. The summed E-state index contributed by atoms with van der Waals surface area (Å²) in [5.74, 6) is 0.205. The van der Waals surface area contributed by atoms with Gasteiger partial charge in [0.1, 0.15) is 5.75 Å². The molecule has 0 aliphatic carbocycles. The third-order valence-corrected chi connectivity index (χ3v) is 6.91. The van der Waals surface area contributed by atoms with Crippen LogP contribution in [0.4, 0.5) is 5.69 Å². The lowest BCUT2D eigenvalue weighted by Gasteiger charge is -2.16. The number of hydrogen-bond donors (Lipinski definition) is 1. The second-order valence-corrected chi connectivity index (χ2v) is 9.10. The van der Waals surface area contributed by atoms with Gasteiger partial charge < -0.3 is 19.4 Å². The maximum Gasteiger partial charge on any atom is 0.338 e. The summed E-state index contributed by atoms with van der Waals surface area (Å²) in [4.78, 5) is 37.8. The highest BCUT2D eigenvalue weighted by atomic mass is 32.2. The van der Waals surface area contributed by atoms with Gasteiger partial charge in [0, 0.05) is 28.4 Å². The highest BCUT2D eigenvalue weighted by molar-refractivity contribution is 8.00. The lowest BCUT2D eigenvalue weighted by atomic mass is 10.1. The summed E-state index contributed by atoms with van der Waals surface area (Å²) >= 11 is 1.42. The van der Waals surface area contributed by atoms with Crippen LogP contribution in [0.5, 0.6) is 5.75 Å². The molecule has 1 aromatic heterocycles. The normalized spacial score (nSPS) is 12.6. The summed E-state index contributed by atoms with van der Waals surface area (Å²) in [5, 5.41) is 2.75. The lowest BCUT2D eigenvalue weighted by molar-refractivity contribution is -0.113. The molecule has 2 aromatic carbocycles. The molecule has 8 heteroatoms. The van der Waals surface area contributed by atoms with Crippen molar-refractivity contribution in [3.05, 3.63) is 76.6 Å². The van der Waals surface area contributed by atoms with Crippen molar-refractivity contribution in [2.24, 2.45) is 0 Å². The molecule has 3 aromatic rings.